The summed E-state index contributed by atoms with van der Waals surface area (Å²) in [5, 5.41) is 14.5. The van der Waals surface area contributed by atoms with E-state index in [1.165, 1.54) is 43.5 Å². The van der Waals surface area contributed by atoms with Gasteiger partial charge in [-0.25, -0.2) is 0 Å². The first-order valence-electron chi connectivity index (χ1n) is 11.8. The van der Waals surface area contributed by atoms with Gasteiger partial charge in [0.2, 0.25) is 0 Å². The van der Waals surface area contributed by atoms with Gasteiger partial charge in [-0.2, -0.15) is 18.4 Å². The fraction of sp³-hybridized carbons (Fsp3) is 0.179. The third-order valence-electron chi connectivity index (χ3n) is 5.50. The van der Waals surface area contributed by atoms with Gasteiger partial charge in [0.1, 0.15) is 24.9 Å². The van der Waals surface area contributed by atoms with E-state index in [9.17, 15) is 28.0 Å². The van der Waals surface area contributed by atoms with E-state index in [-0.39, 0.29) is 22.8 Å². The predicted molar refractivity (Wildman–Crippen MR) is 138 cm³/mol. The molecule has 0 aliphatic carbocycles. The number of benzene rings is 3. The molecule has 3 aromatic carbocycles. The number of carbonyl (C=O) groups excluding carboxylic acids is 2. The highest BCUT2D eigenvalue weighted by Gasteiger charge is 2.30. The quantitative estimate of drug-likeness (QED) is 0.296. The second-order valence-corrected chi connectivity index (χ2v) is 8.31. The Morgan fingerprint density at radius 3 is 2.45 bits per heavy atom. The third kappa shape index (κ3) is 7.02. The topological polar surface area (TPSA) is 119 Å². The molecule has 1 heterocycles. The number of rotatable bonds is 8. The number of methoxy groups -OCH3 is 1. The van der Waals surface area contributed by atoms with E-state index in [0.717, 1.165) is 12.1 Å². The highest BCUT2D eigenvalue weighted by molar-refractivity contribution is 6.09. The van der Waals surface area contributed by atoms with Crippen LogP contribution in [0.2, 0.25) is 0 Å². The van der Waals surface area contributed by atoms with Crippen LogP contribution in [-0.2, 0) is 15.8 Å². The molecule has 1 aliphatic rings. The van der Waals surface area contributed by atoms with Crippen LogP contribution in [0.5, 0.6) is 23.0 Å². The fourth-order valence-electron chi connectivity index (χ4n) is 3.64. The van der Waals surface area contributed by atoms with Crippen LogP contribution in [0.4, 0.5) is 24.5 Å². The maximum atomic E-state index is 12.9. The fourth-order valence-corrected chi connectivity index (χ4v) is 3.64. The lowest BCUT2D eigenvalue weighted by molar-refractivity contribution is -0.137. The van der Waals surface area contributed by atoms with Gasteiger partial charge >= 0.3 is 6.18 Å². The highest BCUT2D eigenvalue weighted by atomic mass is 19.4. The Morgan fingerprint density at radius 1 is 0.975 bits per heavy atom. The largest absolute Gasteiger partial charge is 0.493 e. The number of hydrogen-bond acceptors (Lipinski definition) is 7. The first kappa shape index (κ1) is 27.8. The van der Waals surface area contributed by atoms with Gasteiger partial charge < -0.3 is 29.6 Å². The van der Waals surface area contributed by atoms with Gasteiger partial charge in [0.25, 0.3) is 11.8 Å². The Bertz CT molecular complexity index is 1500. The van der Waals surface area contributed by atoms with Crippen molar-refractivity contribution in [3.63, 3.8) is 0 Å². The van der Waals surface area contributed by atoms with Crippen molar-refractivity contribution in [1.29, 1.82) is 5.26 Å². The van der Waals surface area contributed by atoms with Crippen molar-refractivity contribution in [2.45, 2.75) is 6.18 Å². The normalized spacial score (nSPS) is 12.6. The lowest BCUT2D eigenvalue weighted by Gasteiger charge is -2.18. The van der Waals surface area contributed by atoms with E-state index in [4.69, 9.17) is 18.9 Å². The molecular weight excluding hydrogens is 531 g/mol. The smallest absolute Gasteiger partial charge is 0.416 e. The van der Waals surface area contributed by atoms with Gasteiger partial charge in [-0.1, -0.05) is 12.1 Å². The van der Waals surface area contributed by atoms with Crippen molar-refractivity contribution in [3.05, 3.63) is 77.4 Å². The molecule has 0 saturated carbocycles. The number of halogens is 3. The Balaban J connectivity index is 1.40. The number of ether oxygens (including phenoxy) is 4. The first-order valence-corrected chi connectivity index (χ1v) is 11.8. The van der Waals surface area contributed by atoms with E-state index in [0.29, 0.717) is 36.0 Å². The van der Waals surface area contributed by atoms with Crippen molar-refractivity contribution in [2.75, 3.05) is 37.6 Å². The number of fused-ring (bicyclic) bond motifs is 1. The predicted octanol–water partition coefficient (Wildman–Crippen LogP) is 5.05. The minimum Gasteiger partial charge on any atom is -0.493 e. The molecule has 0 bridgehead atoms. The molecule has 9 nitrogen and oxygen atoms in total. The monoisotopic (exact) mass is 553 g/mol. The van der Waals surface area contributed by atoms with Crippen molar-refractivity contribution in [1.82, 2.24) is 0 Å². The van der Waals surface area contributed by atoms with Crippen molar-refractivity contribution >= 4 is 29.3 Å². The molecule has 1 aliphatic heterocycles. The molecule has 12 heteroatoms. The summed E-state index contributed by atoms with van der Waals surface area (Å²) in [4.78, 5) is 24.9. The summed E-state index contributed by atoms with van der Waals surface area (Å²) in [6.45, 7) is 0.305. The van der Waals surface area contributed by atoms with Crippen molar-refractivity contribution < 1.29 is 41.7 Å². The molecule has 0 unspecified atom stereocenters. The molecule has 0 aromatic heterocycles. The molecular formula is C28H22F3N3O6. The molecule has 0 saturated heterocycles. The number of carbonyl (C=O) groups is 2. The second kappa shape index (κ2) is 12.1. The summed E-state index contributed by atoms with van der Waals surface area (Å²) in [6, 6.07) is 15.5. The second-order valence-electron chi connectivity index (χ2n) is 8.31. The van der Waals surface area contributed by atoms with Gasteiger partial charge in [0, 0.05) is 17.4 Å². The molecule has 0 radical (unpaired) electrons. The average molecular weight is 553 g/mol. The lowest BCUT2D eigenvalue weighted by Crippen LogP contribution is -2.20. The van der Waals surface area contributed by atoms with Crippen LogP contribution in [0, 0.1) is 11.3 Å². The Kier molecular flexibility index (Phi) is 8.44. The summed E-state index contributed by atoms with van der Waals surface area (Å²) < 4.78 is 60.4. The number of nitrogens with one attached hydrogen (secondary N) is 2. The van der Waals surface area contributed by atoms with E-state index in [2.05, 4.69) is 10.6 Å². The molecule has 0 atom stereocenters. The van der Waals surface area contributed by atoms with Crippen molar-refractivity contribution in [3.8, 4) is 29.1 Å². The number of anilines is 2. The van der Waals surface area contributed by atoms with Crippen LogP contribution in [0.25, 0.3) is 6.08 Å². The number of hydrogen-bond donors (Lipinski definition) is 2. The third-order valence-corrected chi connectivity index (χ3v) is 5.50. The van der Waals surface area contributed by atoms with E-state index < -0.39 is 30.2 Å². The summed E-state index contributed by atoms with van der Waals surface area (Å²) >= 11 is 0. The van der Waals surface area contributed by atoms with E-state index in [1.807, 2.05) is 6.07 Å². The number of nitrogens with zero attached hydrogens (tertiary/aromatic N) is 1. The van der Waals surface area contributed by atoms with E-state index in [1.54, 1.807) is 18.2 Å². The highest BCUT2D eigenvalue weighted by Crippen LogP contribution is 2.33. The van der Waals surface area contributed by atoms with Crippen LogP contribution >= 0.6 is 0 Å². The Morgan fingerprint density at radius 2 is 1.73 bits per heavy atom. The van der Waals surface area contributed by atoms with Gasteiger partial charge in [-0.3, -0.25) is 9.59 Å². The first-order chi connectivity index (χ1) is 19.2. The zero-order valence-corrected chi connectivity index (χ0v) is 21.0. The summed E-state index contributed by atoms with van der Waals surface area (Å²) in [6.07, 6.45) is -3.20. The van der Waals surface area contributed by atoms with Gasteiger partial charge in [0.05, 0.1) is 12.7 Å². The van der Waals surface area contributed by atoms with Gasteiger partial charge in [-0.15, -0.1) is 0 Å². The number of amides is 2. The van der Waals surface area contributed by atoms with Crippen LogP contribution in [0.15, 0.2) is 66.2 Å². The molecule has 0 fully saturated rings. The number of alkyl halides is 3. The maximum absolute atomic E-state index is 12.9. The standard InChI is InChI=1S/C28H22F3N3O6/c1-37-24-12-17(11-18(15-32)27(36)34-21-6-8-23-25(14-21)39-10-9-38-23)5-7-22(24)40-16-26(35)33-20-4-2-3-19(13-20)28(29,30)31/h2-8,11-14H,9-10,16H2,1H3,(H,33,35)(H,34,36)/b18-11+. The molecule has 0 spiro atoms. The average Bonchev–Trinajstić information content (AvgIpc) is 2.94. The van der Waals surface area contributed by atoms with Gasteiger partial charge in [-0.05, 0) is 54.1 Å². The maximum Gasteiger partial charge on any atom is 0.416 e. The Labute approximate surface area is 226 Å². The zero-order valence-electron chi connectivity index (χ0n) is 21.0. The molecule has 2 amide bonds. The molecule has 4 rings (SSSR count). The molecule has 3 aromatic rings. The minimum absolute atomic E-state index is 0.0329. The van der Waals surface area contributed by atoms with Crippen molar-refractivity contribution in [2.24, 2.45) is 0 Å². The summed E-state index contributed by atoms with van der Waals surface area (Å²) in [7, 11) is 1.36. The summed E-state index contributed by atoms with van der Waals surface area (Å²) in [5.74, 6) is 0.0686. The van der Waals surface area contributed by atoms with Crippen LogP contribution < -0.4 is 29.6 Å². The summed E-state index contributed by atoms with van der Waals surface area (Å²) in [5.41, 5.74) is -0.264. The molecule has 40 heavy (non-hydrogen) atoms. The SMILES string of the molecule is COc1cc(/C=C(\C#N)C(=O)Nc2ccc3c(c2)OCCO3)ccc1OCC(=O)Nc1cccc(C(F)(F)F)c1. The Hall–Kier alpha value is -5.18. The number of nitriles is 1. The minimum atomic E-state index is -4.54. The van der Waals surface area contributed by atoms with Crippen LogP contribution in [0.3, 0.4) is 0 Å². The lowest BCUT2D eigenvalue weighted by atomic mass is 10.1. The molecule has 2 N–H and O–H groups in total. The van der Waals surface area contributed by atoms with E-state index >= 15 is 0 Å². The van der Waals surface area contributed by atoms with Gasteiger partial charge in [0.15, 0.2) is 29.6 Å². The van der Waals surface area contributed by atoms with Crippen LogP contribution in [-0.4, -0.2) is 38.7 Å². The molecule has 206 valence electrons. The zero-order chi connectivity index (χ0) is 28.7. The van der Waals surface area contributed by atoms with Crippen LogP contribution in [0.1, 0.15) is 11.1 Å².